The van der Waals surface area contributed by atoms with Gasteiger partial charge in [0.25, 0.3) is 5.91 Å². The van der Waals surface area contributed by atoms with Gasteiger partial charge in [-0.25, -0.2) is 4.79 Å². The van der Waals surface area contributed by atoms with Gasteiger partial charge in [-0.15, -0.1) is 0 Å². The Labute approximate surface area is 190 Å². The monoisotopic (exact) mass is 544 g/mol. The van der Waals surface area contributed by atoms with E-state index in [1.54, 1.807) is 11.0 Å². The Balaban J connectivity index is 1.52. The number of hydrogen-bond donors (Lipinski definition) is 1. The number of carboxylic acids is 1. The number of piperazine rings is 1. The number of benzene rings is 2. The lowest BCUT2D eigenvalue weighted by atomic mass is 10.2. The van der Waals surface area contributed by atoms with Crippen molar-refractivity contribution < 1.29 is 19.4 Å². The van der Waals surface area contributed by atoms with E-state index in [4.69, 9.17) is 16.3 Å². The summed E-state index contributed by atoms with van der Waals surface area (Å²) in [5, 5.41) is 9.94. The van der Waals surface area contributed by atoms with E-state index in [9.17, 15) is 14.7 Å². The van der Waals surface area contributed by atoms with E-state index >= 15 is 0 Å². The fourth-order valence-corrected chi connectivity index (χ4v) is 4.53. The van der Waals surface area contributed by atoms with Crippen LogP contribution in [0.2, 0.25) is 5.02 Å². The fourth-order valence-electron chi connectivity index (χ4n) is 3.06. The van der Waals surface area contributed by atoms with E-state index in [1.165, 1.54) is 11.6 Å². The minimum Gasteiger partial charge on any atom is -0.481 e. The van der Waals surface area contributed by atoms with Gasteiger partial charge in [-0.1, -0.05) is 23.7 Å². The summed E-state index contributed by atoms with van der Waals surface area (Å²) in [7, 11) is 0. The highest BCUT2D eigenvalue weighted by atomic mass is 79.9. The summed E-state index contributed by atoms with van der Waals surface area (Å²) < 4.78 is 6.52. The third-order valence-electron chi connectivity index (χ3n) is 4.66. The van der Waals surface area contributed by atoms with E-state index in [1.807, 2.05) is 24.3 Å². The molecule has 9 heteroatoms. The molecule has 1 aliphatic rings. The number of carboxylic acid groups (broad SMARTS) is 1. The molecule has 154 valence electrons. The number of carbonyl (C=O) groups is 2. The minimum absolute atomic E-state index is 0.0754. The summed E-state index contributed by atoms with van der Waals surface area (Å²) in [6, 6.07) is 10.8. The van der Waals surface area contributed by atoms with Gasteiger partial charge < -0.3 is 14.7 Å². The molecule has 1 heterocycles. The lowest BCUT2D eigenvalue weighted by molar-refractivity contribution is -0.135. The summed E-state index contributed by atoms with van der Waals surface area (Å²) in [6.45, 7) is 3.45. The highest BCUT2D eigenvalue weighted by Crippen LogP contribution is 2.36. The molecule has 1 fully saturated rings. The molecule has 0 saturated carbocycles. The van der Waals surface area contributed by atoms with Gasteiger partial charge in [-0.05, 0) is 61.7 Å². The van der Waals surface area contributed by atoms with Crippen LogP contribution in [0.25, 0.3) is 0 Å². The molecule has 2 aromatic rings. The van der Waals surface area contributed by atoms with Crippen LogP contribution in [0.3, 0.4) is 0 Å². The maximum atomic E-state index is 12.5. The van der Waals surface area contributed by atoms with E-state index in [0.29, 0.717) is 27.8 Å². The molecule has 0 atom stereocenters. The van der Waals surface area contributed by atoms with Crippen LogP contribution in [0.1, 0.15) is 15.9 Å². The summed E-state index contributed by atoms with van der Waals surface area (Å²) >= 11 is 12.5. The molecule has 0 aromatic heterocycles. The van der Waals surface area contributed by atoms with Crippen molar-refractivity contribution in [2.45, 2.75) is 6.54 Å². The molecule has 0 spiro atoms. The smallest absolute Gasteiger partial charge is 0.336 e. The van der Waals surface area contributed by atoms with Crippen molar-refractivity contribution in [2.24, 2.45) is 0 Å². The van der Waals surface area contributed by atoms with Crippen LogP contribution in [-0.4, -0.2) is 59.6 Å². The standard InChI is InChI=1S/C20H19Br2ClN2O4/c21-16-6-5-15(20(27)28)18(22)19(16)29-12-17(26)25-9-7-24(8-10-25)11-13-1-3-14(23)4-2-13/h1-6H,7-12H2,(H,27,28). The maximum Gasteiger partial charge on any atom is 0.336 e. The Kier molecular flexibility index (Phi) is 7.56. The average Bonchev–Trinajstić information content (AvgIpc) is 2.69. The van der Waals surface area contributed by atoms with Crippen LogP contribution < -0.4 is 4.74 Å². The molecule has 29 heavy (non-hydrogen) atoms. The Hall–Kier alpha value is -1.61. The zero-order valence-corrected chi connectivity index (χ0v) is 19.3. The second-order valence-electron chi connectivity index (χ2n) is 6.62. The van der Waals surface area contributed by atoms with Crippen LogP contribution in [0.15, 0.2) is 45.3 Å². The zero-order valence-electron chi connectivity index (χ0n) is 15.4. The van der Waals surface area contributed by atoms with E-state index < -0.39 is 5.97 Å². The SMILES string of the molecule is O=C(O)c1ccc(Br)c(OCC(=O)N2CCN(Cc3ccc(Cl)cc3)CC2)c1Br. The van der Waals surface area contributed by atoms with Crippen LogP contribution in [0.4, 0.5) is 0 Å². The lowest BCUT2D eigenvalue weighted by Gasteiger charge is -2.34. The lowest BCUT2D eigenvalue weighted by Crippen LogP contribution is -2.49. The van der Waals surface area contributed by atoms with Gasteiger partial charge in [0.2, 0.25) is 0 Å². The molecule has 3 rings (SSSR count). The van der Waals surface area contributed by atoms with Gasteiger partial charge in [-0.2, -0.15) is 0 Å². The normalized spacial score (nSPS) is 14.7. The topological polar surface area (TPSA) is 70.1 Å². The highest BCUT2D eigenvalue weighted by molar-refractivity contribution is 9.11. The molecule has 2 aromatic carbocycles. The first-order chi connectivity index (χ1) is 13.8. The highest BCUT2D eigenvalue weighted by Gasteiger charge is 2.23. The molecule has 1 N–H and O–H groups in total. The third kappa shape index (κ3) is 5.72. The first-order valence-electron chi connectivity index (χ1n) is 8.94. The van der Waals surface area contributed by atoms with E-state index in [2.05, 4.69) is 36.8 Å². The first kappa shape index (κ1) is 22.1. The maximum absolute atomic E-state index is 12.5. The molecular formula is C20H19Br2ClN2O4. The molecule has 1 amide bonds. The van der Waals surface area contributed by atoms with Gasteiger partial charge in [0.15, 0.2) is 6.61 Å². The number of amides is 1. The van der Waals surface area contributed by atoms with Crippen molar-refractivity contribution in [3.05, 3.63) is 61.5 Å². The molecule has 6 nitrogen and oxygen atoms in total. The van der Waals surface area contributed by atoms with Crippen molar-refractivity contribution in [1.82, 2.24) is 9.80 Å². The van der Waals surface area contributed by atoms with E-state index in [-0.39, 0.29) is 18.1 Å². The van der Waals surface area contributed by atoms with Crippen molar-refractivity contribution in [1.29, 1.82) is 0 Å². The second-order valence-corrected chi connectivity index (χ2v) is 8.70. The van der Waals surface area contributed by atoms with Gasteiger partial charge in [0.05, 0.1) is 14.5 Å². The predicted molar refractivity (Wildman–Crippen MR) is 118 cm³/mol. The predicted octanol–water partition coefficient (Wildman–Crippen LogP) is 4.29. The third-order valence-corrected chi connectivity index (χ3v) is 6.33. The van der Waals surface area contributed by atoms with Gasteiger partial charge in [0.1, 0.15) is 5.75 Å². The Bertz CT molecular complexity index is 900. The zero-order chi connectivity index (χ0) is 21.0. The largest absolute Gasteiger partial charge is 0.481 e. The molecule has 0 unspecified atom stereocenters. The molecule has 1 saturated heterocycles. The average molecular weight is 547 g/mol. The number of nitrogens with zero attached hydrogens (tertiary/aromatic N) is 2. The molecule has 0 aliphatic carbocycles. The fraction of sp³-hybridized carbons (Fsp3) is 0.300. The quantitative estimate of drug-likeness (QED) is 0.586. The van der Waals surface area contributed by atoms with Crippen LogP contribution in [-0.2, 0) is 11.3 Å². The number of halogens is 3. The van der Waals surface area contributed by atoms with Crippen molar-refractivity contribution in [3.63, 3.8) is 0 Å². The molecule has 0 bridgehead atoms. The first-order valence-corrected chi connectivity index (χ1v) is 10.9. The minimum atomic E-state index is -1.07. The molecular weight excluding hydrogens is 527 g/mol. The number of ether oxygens (including phenoxy) is 1. The van der Waals surface area contributed by atoms with Gasteiger partial charge in [0, 0.05) is 37.7 Å². The van der Waals surface area contributed by atoms with Crippen LogP contribution in [0.5, 0.6) is 5.75 Å². The van der Waals surface area contributed by atoms with Crippen LogP contribution in [0, 0.1) is 0 Å². The van der Waals surface area contributed by atoms with Gasteiger partial charge >= 0.3 is 5.97 Å². The molecule has 1 aliphatic heterocycles. The number of carbonyl (C=O) groups excluding carboxylic acids is 1. The summed E-state index contributed by atoms with van der Waals surface area (Å²) in [6.07, 6.45) is 0. The number of aromatic carboxylic acids is 1. The Morgan fingerprint density at radius 1 is 1.03 bits per heavy atom. The Morgan fingerprint density at radius 3 is 2.31 bits per heavy atom. The van der Waals surface area contributed by atoms with Crippen LogP contribution >= 0.6 is 43.5 Å². The van der Waals surface area contributed by atoms with Crippen molar-refractivity contribution in [3.8, 4) is 5.75 Å². The number of rotatable bonds is 6. The Morgan fingerprint density at radius 2 is 1.69 bits per heavy atom. The molecule has 0 radical (unpaired) electrons. The van der Waals surface area contributed by atoms with Crippen molar-refractivity contribution in [2.75, 3.05) is 32.8 Å². The van der Waals surface area contributed by atoms with Gasteiger partial charge in [-0.3, -0.25) is 9.69 Å². The summed E-state index contributed by atoms with van der Waals surface area (Å²) in [4.78, 5) is 27.9. The summed E-state index contributed by atoms with van der Waals surface area (Å²) in [5.74, 6) is -0.896. The second kappa shape index (κ2) is 9.93. The number of hydrogen-bond acceptors (Lipinski definition) is 4. The summed E-state index contributed by atoms with van der Waals surface area (Å²) in [5.41, 5.74) is 1.26. The van der Waals surface area contributed by atoms with Crippen molar-refractivity contribution >= 4 is 55.3 Å². The van der Waals surface area contributed by atoms with E-state index in [0.717, 1.165) is 24.7 Å².